The van der Waals surface area contributed by atoms with Gasteiger partial charge in [-0.2, -0.15) is 0 Å². The van der Waals surface area contributed by atoms with Crippen LogP contribution in [0.15, 0.2) is 62.8 Å². The van der Waals surface area contributed by atoms with Gasteiger partial charge in [0, 0.05) is 11.6 Å². The van der Waals surface area contributed by atoms with Crippen molar-refractivity contribution in [1.29, 1.82) is 0 Å². The van der Waals surface area contributed by atoms with E-state index in [1.165, 1.54) is 17.3 Å². The number of aliphatic imine (C=N–C) groups is 1. The number of carbonyl (C=O) groups excluding carboxylic acids is 1. The Labute approximate surface area is 182 Å². The lowest BCUT2D eigenvalue weighted by atomic mass is 10.1. The van der Waals surface area contributed by atoms with Crippen LogP contribution in [0.1, 0.15) is 16.9 Å². The summed E-state index contributed by atoms with van der Waals surface area (Å²) >= 11 is 13.6. The first kappa shape index (κ1) is 19.8. The molecule has 1 aromatic heterocycles. The van der Waals surface area contributed by atoms with Crippen LogP contribution in [0.25, 0.3) is 17.4 Å². The highest BCUT2D eigenvalue weighted by Gasteiger charge is 2.24. The number of nitrogens with one attached hydrogen (secondary N) is 1. The van der Waals surface area contributed by atoms with Gasteiger partial charge in [0.2, 0.25) is 0 Å². The van der Waals surface area contributed by atoms with E-state index in [2.05, 4.69) is 16.4 Å². The van der Waals surface area contributed by atoms with Crippen LogP contribution in [0.3, 0.4) is 0 Å². The average molecular weight is 443 g/mol. The van der Waals surface area contributed by atoms with Gasteiger partial charge in [-0.3, -0.25) is 4.79 Å². The lowest BCUT2D eigenvalue weighted by Crippen LogP contribution is -2.19. The fourth-order valence-electron chi connectivity index (χ4n) is 2.92. The largest absolute Gasteiger partial charge is 0.457 e. The summed E-state index contributed by atoms with van der Waals surface area (Å²) in [5.41, 5.74) is 3.75. The molecule has 0 atom stereocenters. The Kier molecular flexibility index (Phi) is 5.54. The van der Waals surface area contributed by atoms with E-state index in [9.17, 15) is 4.79 Å². The van der Waals surface area contributed by atoms with Crippen molar-refractivity contribution >= 4 is 57.8 Å². The highest BCUT2D eigenvalue weighted by molar-refractivity contribution is 8.18. The summed E-state index contributed by atoms with van der Waals surface area (Å²) in [5.74, 6) is 0.913. The molecule has 1 fully saturated rings. The summed E-state index contributed by atoms with van der Waals surface area (Å²) in [6.07, 6.45) is 1.69. The molecule has 0 bridgehead atoms. The summed E-state index contributed by atoms with van der Waals surface area (Å²) in [7, 11) is 0. The summed E-state index contributed by atoms with van der Waals surface area (Å²) in [6, 6.07) is 14.9. The van der Waals surface area contributed by atoms with Crippen LogP contribution >= 0.6 is 35.0 Å². The van der Waals surface area contributed by atoms with Gasteiger partial charge in [0.25, 0.3) is 5.91 Å². The van der Waals surface area contributed by atoms with Crippen molar-refractivity contribution in [2.75, 3.05) is 0 Å². The van der Waals surface area contributed by atoms with Crippen LogP contribution < -0.4 is 5.32 Å². The Morgan fingerprint density at radius 2 is 1.93 bits per heavy atom. The van der Waals surface area contributed by atoms with Gasteiger partial charge in [-0.25, -0.2) is 4.99 Å². The molecular formula is C22H16Cl2N2O2S. The minimum absolute atomic E-state index is 0.211. The molecule has 1 aliphatic heterocycles. The second-order valence-electron chi connectivity index (χ2n) is 6.58. The number of aryl methyl sites for hydroxylation is 2. The van der Waals surface area contributed by atoms with E-state index in [-0.39, 0.29) is 5.91 Å². The normalized spacial score (nSPS) is 16.6. The number of amidine groups is 1. The van der Waals surface area contributed by atoms with Crippen molar-refractivity contribution < 1.29 is 9.21 Å². The first-order valence-corrected chi connectivity index (χ1v) is 10.4. The zero-order valence-corrected chi connectivity index (χ0v) is 18.0. The van der Waals surface area contributed by atoms with Crippen LogP contribution in [0, 0.1) is 13.8 Å². The van der Waals surface area contributed by atoms with E-state index >= 15 is 0 Å². The molecule has 1 saturated heterocycles. The fraction of sp³-hybridized carbons (Fsp3) is 0.0909. The third-order valence-electron chi connectivity index (χ3n) is 4.34. The lowest BCUT2D eigenvalue weighted by Gasteiger charge is -2.02. The maximum absolute atomic E-state index is 12.3. The summed E-state index contributed by atoms with van der Waals surface area (Å²) in [5, 5.41) is 4.22. The highest BCUT2D eigenvalue weighted by Crippen LogP contribution is 2.35. The number of furan rings is 1. The monoisotopic (exact) mass is 442 g/mol. The number of nitrogens with zero attached hydrogens (tertiary/aromatic N) is 1. The molecule has 3 aromatic rings. The van der Waals surface area contributed by atoms with Gasteiger partial charge in [0.05, 0.1) is 20.6 Å². The van der Waals surface area contributed by atoms with Crippen LogP contribution in [-0.4, -0.2) is 11.1 Å². The molecule has 1 amide bonds. The summed E-state index contributed by atoms with van der Waals surface area (Å²) in [4.78, 5) is 17.4. The maximum atomic E-state index is 12.3. The zero-order chi connectivity index (χ0) is 20.5. The van der Waals surface area contributed by atoms with Gasteiger partial charge in [-0.1, -0.05) is 47.0 Å². The molecule has 0 radical (unpaired) electrons. The average Bonchev–Trinajstić information content (AvgIpc) is 3.27. The third kappa shape index (κ3) is 4.27. The van der Waals surface area contributed by atoms with Gasteiger partial charge in [0.15, 0.2) is 5.17 Å². The van der Waals surface area contributed by atoms with E-state index in [4.69, 9.17) is 27.6 Å². The number of carbonyl (C=O) groups is 1. The molecule has 1 aliphatic rings. The molecule has 0 spiro atoms. The van der Waals surface area contributed by atoms with Gasteiger partial charge >= 0.3 is 0 Å². The van der Waals surface area contributed by atoms with E-state index in [1.54, 1.807) is 30.3 Å². The molecule has 0 aliphatic carbocycles. The predicted molar refractivity (Wildman–Crippen MR) is 121 cm³/mol. The fourth-order valence-corrected chi connectivity index (χ4v) is 4.13. The molecule has 0 unspecified atom stereocenters. The Balaban J connectivity index is 1.58. The van der Waals surface area contributed by atoms with E-state index in [0.29, 0.717) is 37.2 Å². The minimum atomic E-state index is -0.211. The molecule has 146 valence electrons. The molecule has 4 rings (SSSR count). The van der Waals surface area contributed by atoms with Gasteiger partial charge in [-0.15, -0.1) is 0 Å². The van der Waals surface area contributed by atoms with Crippen molar-refractivity contribution in [2.45, 2.75) is 13.8 Å². The second-order valence-corrected chi connectivity index (χ2v) is 8.39. The van der Waals surface area contributed by atoms with E-state index < -0.39 is 0 Å². The molecule has 29 heavy (non-hydrogen) atoms. The van der Waals surface area contributed by atoms with Gasteiger partial charge < -0.3 is 9.73 Å². The van der Waals surface area contributed by atoms with E-state index in [1.807, 2.05) is 32.0 Å². The highest BCUT2D eigenvalue weighted by atomic mass is 35.5. The molecular weight excluding hydrogens is 427 g/mol. The molecule has 2 heterocycles. The molecule has 1 N–H and O–H groups in total. The molecule has 0 saturated carbocycles. The minimum Gasteiger partial charge on any atom is -0.457 e. The van der Waals surface area contributed by atoms with Crippen LogP contribution in [-0.2, 0) is 4.79 Å². The maximum Gasteiger partial charge on any atom is 0.264 e. The van der Waals surface area contributed by atoms with Gasteiger partial charge in [-0.05, 0) is 61.5 Å². The second kappa shape index (κ2) is 8.11. The Morgan fingerprint density at radius 3 is 2.72 bits per heavy atom. The summed E-state index contributed by atoms with van der Waals surface area (Å²) < 4.78 is 5.85. The van der Waals surface area contributed by atoms with Crippen molar-refractivity contribution in [1.82, 2.24) is 5.32 Å². The van der Waals surface area contributed by atoms with Crippen LogP contribution in [0.4, 0.5) is 5.69 Å². The molecule has 2 aromatic carbocycles. The number of halogens is 2. The first-order chi connectivity index (χ1) is 13.9. The number of hydrogen-bond donors (Lipinski definition) is 1. The number of benzene rings is 2. The molecule has 7 heteroatoms. The predicted octanol–water partition coefficient (Wildman–Crippen LogP) is 6.76. The van der Waals surface area contributed by atoms with Gasteiger partial charge in [0.1, 0.15) is 11.5 Å². The standard InChI is InChI=1S/C22H16Cl2N2O2S/c1-12-6-8-17(13(2)10-12)25-22-26-21(27)19(29-22)11-14-7-9-18(28-14)15-4-3-5-16(23)20(15)24/h3-11H,1-2H3,(H,25,26,27). The lowest BCUT2D eigenvalue weighted by molar-refractivity contribution is -0.115. The van der Waals surface area contributed by atoms with Crippen molar-refractivity contribution in [3.63, 3.8) is 0 Å². The number of hydrogen-bond acceptors (Lipinski definition) is 4. The Bertz CT molecular complexity index is 1180. The number of thioether (sulfide) groups is 1. The van der Waals surface area contributed by atoms with Crippen LogP contribution in [0.5, 0.6) is 0 Å². The van der Waals surface area contributed by atoms with Crippen LogP contribution in [0.2, 0.25) is 10.0 Å². The molecule has 4 nitrogen and oxygen atoms in total. The van der Waals surface area contributed by atoms with Crippen molar-refractivity contribution in [3.8, 4) is 11.3 Å². The van der Waals surface area contributed by atoms with E-state index in [0.717, 1.165) is 11.3 Å². The zero-order valence-electron chi connectivity index (χ0n) is 15.6. The SMILES string of the molecule is Cc1ccc(N=C2NC(=O)C(=Cc3ccc(-c4cccc(Cl)c4Cl)o3)S2)c(C)c1. The number of rotatable bonds is 3. The summed E-state index contributed by atoms with van der Waals surface area (Å²) in [6.45, 7) is 4.03. The van der Waals surface area contributed by atoms with Crippen molar-refractivity contribution in [2.24, 2.45) is 4.99 Å². The Morgan fingerprint density at radius 1 is 1.10 bits per heavy atom. The topological polar surface area (TPSA) is 54.6 Å². The Hall–Kier alpha value is -2.47. The third-order valence-corrected chi connectivity index (χ3v) is 6.07. The number of amides is 1. The first-order valence-electron chi connectivity index (χ1n) is 8.82. The quantitative estimate of drug-likeness (QED) is 0.455. The smallest absolute Gasteiger partial charge is 0.264 e. The van der Waals surface area contributed by atoms with Crippen molar-refractivity contribution in [3.05, 3.63) is 80.4 Å².